The Bertz CT molecular complexity index is 1510. The lowest BCUT2D eigenvalue weighted by Crippen LogP contribution is -2.41. The molecule has 0 N–H and O–H groups in total. The van der Waals surface area contributed by atoms with Gasteiger partial charge in [-0.15, -0.1) is 0 Å². The third-order valence-corrected chi connectivity index (χ3v) is 8.81. The highest BCUT2D eigenvalue weighted by Crippen LogP contribution is 2.38. The zero-order valence-corrected chi connectivity index (χ0v) is 21.6. The Labute approximate surface area is 210 Å². The van der Waals surface area contributed by atoms with E-state index in [2.05, 4.69) is 0 Å². The smallest absolute Gasteiger partial charge is 0.399 e. The molecular formula is C27H28BF2NO4S. The van der Waals surface area contributed by atoms with Crippen molar-refractivity contribution in [3.63, 3.8) is 0 Å². The molecule has 5 nitrogen and oxygen atoms in total. The second-order valence-corrected chi connectivity index (χ2v) is 11.7. The van der Waals surface area contributed by atoms with Crippen LogP contribution in [0.2, 0.25) is 0 Å². The predicted octanol–water partition coefficient (Wildman–Crippen LogP) is 5.44. The van der Waals surface area contributed by atoms with Crippen molar-refractivity contribution >= 4 is 33.5 Å². The van der Waals surface area contributed by atoms with Crippen LogP contribution in [-0.2, 0) is 19.3 Å². The highest BCUT2D eigenvalue weighted by molar-refractivity contribution is 7.90. The van der Waals surface area contributed by atoms with Crippen molar-refractivity contribution in [2.75, 3.05) is 0 Å². The molecule has 0 aliphatic carbocycles. The largest absolute Gasteiger partial charge is 0.494 e. The zero-order valence-electron chi connectivity index (χ0n) is 20.8. The van der Waals surface area contributed by atoms with Gasteiger partial charge in [-0.2, -0.15) is 0 Å². The van der Waals surface area contributed by atoms with Crippen molar-refractivity contribution in [2.45, 2.75) is 50.7 Å². The van der Waals surface area contributed by atoms with Crippen LogP contribution in [0.5, 0.6) is 0 Å². The Balaban J connectivity index is 0.00000304. The lowest BCUT2D eigenvalue weighted by molar-refractivity contribution is 0.00578. The summed E-state index contributed by atoms with van der Waals surface area (Å²) in [6, 6.07) is 20.0. The van der Waals surface area contributed by atoms with Crippen LogP contribution in [0.15, 0.2) is 77.7 Å². The average molecular weight is 511 g/mol. The van der Waals surface area contributed by atoms with Gasteiger partial charge in [0.15, 0.2) is 0 Å². The van der Waals surface area contributed by atoms with E-state index in [-0.39, 0.29) is 20.9 Å². The Kier molecular flexibility index (Phi) is 6.40. The maximum absolute atomic E-state index is 15.1. The Morgan fingerprint density at radius 1 is 0.861 bits per heavy atom. The first-order chi connectivity index (χ1) is 16.4. The van der Waals surface area contributed by atoms with Crippen molar-refractivity contribution in [3.05, 3.63) is 84.2 Å². The fraction of sp³-hybridized carbons (Fsp3) is 0.259. The molecule has 36 heavy (non-hydrogen) atoms. The highest BCUT2D eigenvalue weighted by atomic mass is 32.2. The fourth-order valence-electron chi connectivity index (χ4n) is 4.42. The third-order valence-electron chi connectivity index (χ3n) is 7.07. The molecule has 0 radical (unpaired) electrons. The van der Waals surface area contributed by atoms with Crippen LogP contribution in [-0.4, -0.2) is 30.7 Å². The maximum Gasteiger partial charge on any atom is 0.494 e. The number of fused-ring (bicyclic) bond motifs is 1. The second kappa shape index (κ2) is 8.83. The van der Waals surface area contributed by atoms with Crippen LogP contribution in [0, 0.1) is 12.7 Å². The van der Waals surface area contributed by atoms with Crippen molar-refractivity contribution < 1.29 is 26.8 Å². The molecule has 1 fully saturated rings. The molecule has 3 aromatic carbocycles. The van der Waals surface area contributed by atoms with Gasteiger partial charge in [-0.1, -0.05) is 42.5 Å². The van der Waals surface area contributed by atoms with E-state index in [1.807, 2.05) is 33.8 Å². The van der Waals surface area contributed by atoms with E-state index in [4.69, 9.17) is 9.31 Å². The van der Waals surface area contributed by atoms with Crippen LogP contribution in [0.3, 0.4) is 0 Å². The summed E-state index contributed by atoms with van der Waals surface area (Å²) in [7, 11) is -4.62. The summed E-state index contributed by atoms with van der Waals surface area (Å²) in [5.74, 6) is -0.483. The van der Waals surface area contributed by atoms with Gasteiger partial charge in [0.05, 0.1) is 27.3 Å². The van der Waals surface area contributed by atoms with E-state index >= 15 is 4.39 Å². The van der Waals surface area contributed by atoms with Gasteiger partial charge >= 0.3 is 7.12 Å². The van der Waals surface area contributed by atoms with Crippen molar-refractivity contribution in [2.24, 2.45) is 0 Å². The van der Waals surface area contributed by atoms with Crippen LogP contribution in [0.25, 0.3) is 22.2 Å². The molecule has 1 aliphatic rings. The number of hydrogen-bond donors (Lipinski definition) is 0. The summed E-state index contributed by atoms with van der Waals surface area (Å²) in [6.45, 7) is 9.69. The van der Waals surface area contributed by atoms with Gasteiger partial charge in [-0.25, -0.2) is 16.8 Å². The van der Waals surface area contributed by atoms with E-state index in [9.17, 15) is 8.42 Å². The number of aryl methyl sites for hydroxylation is 1. The number of aromatic nitrogens is 1. The molecule has 5 rings (SSSR count). The second-order valence-electron chi connectivity index (χ2n) is 9.95. The van der Waals surface area contributed by atoms with Crippen molar-refractivity contribution in [1.29, 1.82) is 0 Å². The molecule has 9 heteroatoms. The molecule has 0 spiro atoms. The first kappa shape index (κ1) is 26.1. The van der Waals surface area contributed by atoms with Crippen LogP contribution < -0.4 is 5.46 Å². The molecule has 1 aliphatic heterocycles. The summed E-state index contributed by atoms with van der Waals surface area (Å²) in [5.41, 5.74) is 1.36. The molecule has 0 amide bonds. The van der Waals surface area contributed by atoms with E-state index in [1.54, 1.807) is 55.5 Å². The summed E-state index contributed by atoms with van der Waals surface area (Å²) >= 11 is 0. The fourth-order valence-corrected chi connectivity index (χ4v) is 5.96. The van der Waals surface area contributed by atoms with Crippen LogP contribution in [0.1, 0.15) is 33.3 Å². The minimum absolute atomic E-state index is 0. The summed E-state index contributed by atoms with van der Waals surface area (Å²) in [6.07, 6.45) is 0. The Morgan fingerprint density at radius 2 is 1.50 bits per heavy atom. The topological polar surface area (TPSA) is 57.5 Å². The summed E-state index contributed by atoms with van der Waals surface area (Å²) in [5, 5.41) is 0.648. The summed E-state index contributed by atoms with van der Waals surface area (Å²) < 4.78 is 56.3. The third kappa shape index (κ3) is 4.05. The first-order valence-corrected chi connectivity index (χ1v) is 12.9. The minimum atomic E-state index is -4.02. The molecule has 4 aromatic rings. The highest BCUT2D eigenvalue weighted by Gasteiger charge is 2.51. The van der Waals surface area contributed by atoms with Gasteiger partial charge in [-0.3, -0.25) is 4.70 Å². The molecule has 0 saturated carbocycles. The normalized spacial score (nSPS) is 16.8. The van der Waals surface area contributed by atoms with Gasteiger partial charge in [0.25, 0.3) is 10.0 Å². The molecule has 0 unspecified atom stereocenters. The number of halogens is 2. The van der Waals surface area contributed by atoms with Crippen molar-refractivity contribution in [3.8, 4) is 11.3 Å². The molecule has 188 valence electrons. The maximum atomic E-state index is 15.1. The molecule has 1 aromatic heterocycles. The van der Waals surface area contributed by atoms with E-state index in [1.165, 1.54) is 22.2 Å². The van der Waals surface area contributed by atoms with E-state index in [0.29, 0.717) is 16.5 Å². The lowest BCUT2D eigenvalue weighted by atomic mass is 9.78. The predicted molar refractivity (Wildman–Crippen MR) is 139 cm³/mol. The number of benzene rings is 3. The number of nitrogens with zero attached hydrogens (tertiary/aromatic N) is 1. The van der Waals surface area contributed by atoms with E-state index < -0.39 is 34.2 Å². The lowest BCUT2D eigenvalue weighted by Gasteiger charge is -2.32. The van der Waals surface area contributed by atoms with Crippen LogP contribution in [0.4, 0.5) is 9.09 Å². The first-order valence-electron chi connectivity index (χ1n) is 11.5. The van der Waals surface area contributed by atoms with Gasteiger partial charge < -0.3 is 9.31 Å². The van der Waals surface area contributed by atoms with E-state index in [0.717, 1.165) is 5.46 Å². The monoisotopic (exact) mass is 511 g/mol. The minimum Gasteiger partial charge on any atom is -0.399 e. The van der Waals surface area contributed by atoms with Crippen LogP contribution >= 0.6 is 0 Å². The number of hydrogen-bond acceptors (Lipinski definition) is 4. The molecule has 0 bridgehead atoms. The van der Waals surface area contributed by atoms with Gasteiger partial charge in [0.1, 0.15) is 5.82 Å². The molecule has 2 heterocycles. The summed E-state index contributed by atoms with van der Waals surface area (Å²) in [4.78, 5) is 0.128. The Morgan fingerprint density at radius 3 is 2.11 bits per heavy atom. The quantitative estimate of drug-likeness (QED) is 0.343. The van der Waals surface area contributed by atoms with Gasteiger partial charge in [0, 0.05) is 10.9 Å². The number of rotatable bonds is 4. The zero-order chi connectivity index (χ0) is 25.2. The van der Waals surface area contributed by atoms with Gasteiger partial charge in [-0.05, 0) is 76.0 Å². The SMILES string of the molecule is Cc1cccc(F)c1-c1cc2cc(B3OC(C)(C)C(C)(C)O3)ccc2n1S(=O)(=O)c1ccccc1.F. The standard InChI is InChI=1S/C27H27BFNO4S.FH/c1-18-10-9-13-22(29)25(18)24-17-19-16-20(28-33-26(2,3)27(4,5)34-28)14-15-23(19)30(24)35(31,32)21-11-7-6-8-12-21;/h6-17H,1-5H3;1H. The molecular weight excluding hydrogens is 483 g/mol. The average Bonchev–Trinajstić information content (AvgIpc) is 3.27. The molecule has 1 saturated heterocycles. The van der Waals surface area contributed by atoms with Gasteiger partial charge in [0.2, 0.25) is 0 Å². The molecule has 0 atom stereocenters. The van der Waals surface area contributed by atoms with Crippen molar-refractivity contribution in [1.82, 2.24) is 3.97 Å². The Hall–Kier alpha value is -3.01.